The molecule has 0 saturated carbocycles. The molecule has 1 heterocycles. The standard InChI is InChI=1S/C29H28N2O5/c1-34-24-15-19(16-25(35-2)29(24)36-3)27-26-21(10-7-11-23(26)32)30-22-14-18(12-13-20(22)31-27)28(33)17-8-5-4-6-9-17/h4-6,8-9,12-16,27,30-31H,7,10-11H2,1-3H3/t27-/m1/s1. The first-order chi connectivity index (χ1) is 17.5. The molecule has 7 heteroatoms. The molecule has 184 valence electrons. The number of hydrogen-bond acceptors (Lipinski definition) is 7. The van der Waals surface area contributed by atoms with Crippen molar-refractivity contribution < 1.29 is 23.8 Å². The van der Waals surface area contributed by atoms with Gasteiger partial charge in [0.15, 0.2) is 23.1 Å². The zero-order chi connectivity index (χ0) is 25.2. The maximum absolute atomic E-state index is 13.2. The Morgan fingerprint density at radius 3 is 2.22 bits per heavy atom. The molecule has 3 aromatic rings. The van der Waals surface area contributed by atoms with Crippen LogP contribution in [0.25, 0.3) is 0 Å². The van der Waals surface area contributed by atoms with Crippen LogP contribution in [0.15, 0.2) is 71.9 Å². The number of benzene rings is 3. The van der Waals surface area contributed by atoms with Gasteiger partial charge in [0.2, 0.25) is 5.75 Å². The van der Waals surface area contributed by atoms with Crippen molar-refractivity contribution in [2.24, 2.45) is 0 Å². The van der Waals surface area contributed by atoms with Crippen LogP contribution in [-0.2, 0) is 4.79 Å². The summed E-state index contributed by atoms with van der Waals surface area (Å²) in [5.74, 6) is 1.55. The van der Waals surface area contributed by atoms with Crippen molar-refractivity contribution in [1.29, 1.82) is 0 Å². The number of Topliss-reactive ketones (excluding diaryl/α,β-unsaturated/α-hetero) is 1. The lowest BCUT2D eigenvalue weighted by molar-refractivity contribution is -0.116. The molecule has 0 unspecified atom stereocenters. The molecule has 2 aliphatic rings. The fourth-order valence-electron chi connectivity index (χ4n) is 4.91. The van der Waals surface area contributed by atoms with Crippen LogP contribution in [0.3, 0.4) is 0 Å². The van der Waals surface area contributed by atoms with Crippen LogP contribution in [0.1, 0.15) is 46.8 Å². The molecule has 3 aromatic carbocycles. The number of allylic oxidation sites excluding steroid dienone is 1. The normalized spacial score (nSPS) is 16.6. The number of fused-ring (bicyclic) bond motifs is 1. The van der Waals surface area contributed by atoms with Gasteiger partial charge in [0.1, 0.15) is 0 Å². The number of carbonyl (C=O) groups is 2. The Kier molecular flexibility index (Phi) is 6.38. The van der Waals surface area contributed by atoms with Crippen molar-refractivity contribution >= 4 is 22.9 Å². The average molecular weight is 485 g/mol. The predicted octanol–water partition coefficient (Wildman–Crippen LogP) is 5.53. The van der Waals surface area contributed by atoms with Crippen molar-refractivity contribution in [1.82, 2.24) is 0 Å². The molecule has 7 nitrogen and oxygen atoms in total. The number of ether oxygens (including phenoxy) is 3. The van der Waals surface area contributed by atoms with E-state index in [-0.39, 0.29) is 11.6 Å². The van der Waals surface area contributed by atoms with Gasteiger partial charge >= 0.3 is 0 Å². The zero-order valence-corrected chi connectivity index (χ0v) is 20.5. The van der Waals surface area contributed by atoms with E-state index in [1.54, 1.807) is 39.5 Å². The molecule has 2 N–H and O–H groups in total. The highest BCUT2D eigenvalue weighted by Gasteiger charge is 2.33. The molecule has 0 fully saturated rings. The number of anilines is 2. The Hall–Kier alpha value is -4.26. The number of hydrogen-bond donors (Lipinski definition) is 2. The summed E-state index contributed by atoms with van der Waals surface area (Å²) in [5, 5.41) is 7.02. The molecule has 5 rings (SSSR count). The van der Waals surface area contributed by atoms with Gasteiger partial charge in [0.05, 0.1) is 38.7 Å². The third kappa shape index (κ3) is 4.17. The van der Waals surface area contributed by atoms with Crippen molar-refractivity contribution in [3.8, 4) is 17.2 Å². The third-order valence-corrected chi connectivity index (χ3v) is 6.67. The number of ketones is 2. The topological polar surface area (TPSA) is 85.9 Å². The van der Waals surface area contributed by atoms with Crippen LogP contribution >= 0.6 is 0 Å². The van der Waals surface area contributed by atoms with Crippen LogP contribution in [0.2, 0.25) is 0 Å². The van der Waals surface area contributed by atoms with Gasteiger partial charge in [-0.2, -0.15) is 0 Å². The molecule has 0 aromatic heterocycles. The molecular formula is C29H28N2O5. The monoisotopic (exact) mass is 484 g/mol. The lowest BCUT2D eigenvalue weighted by Crippen LogP contribution is -2.23. The maximum Gasteiger partial charge on any atom is 0.203 e. The van der Waals surface area contributed by atoms with Crippen LogP contribution in [0, 0.1) is 0 Å². The average Bonchev–Trinajstić information content (AvgIpc) is 3.09. The highest BCUT2D eigenvalue weighted by atomic mass is 16.5. The fourth-order valence-corrected chi connectivity index (χ4v) is 4.91. The van der Waals surface area contributed by atoms with Crippen molar-refractivity contribution in [2.45, 2.75) is 25.3 Å². The SMILES string of the molecule is COc1cc([C@H]2Nc3ccc(C(=O)c4ccccc4)cc3NC3=C2C(=O)CCC3)cc(OC)c1OC. The molecule has 0 amide bonds. The Balaban J connectivity index is 1.61. The lowest BCUT2D eigenvalue weighted by atomic mass is 9.86. The largest absolute Gasteiger partial charge is 0.493 e. The van der Waals surface area contributed by atoms with E-state index < -0.39 is 6.04 Å². The smallest absolute Gasteiger partial charge is 0.203 e. The highest BCUT2D eigenvalue weighted by molar-refractivity contribution is 6.10. The zero-order valence-electron chi connectivity index (χ0n) is 20.5. The quantitative estimate of drug-likeness (QED) is 0.445. The van der Waals surface area contributed by atoms with Crippen LogP contribution in [0.4, 0.5) is 11.4 Å². The van der Waals surface area contributed by atoms with Gasteiger partial charge in [-0.05, 0) is 48.7 Å². The van der Waals surface area contributed by atoms with E-state index in [1.165, 1.54) is 0 Å². The second-order valence-corrected chi connectivity index (χ2v) is 8.79. The van der Waals surface area contributed by atoms with E-state index in [9.17, 15) is 9.59 Å². The van der Waals surface area contributed by atoms with E-state index in [2.05, 4.69) is 10.6 Å². The summed E-state index contributed by atoms with van der Waals surface area (Å²) in [6.45, 7) is 0. The summed E-state index contributed by atoms with van der Waals surface area (Å²) in [4.78, 5) is 26.3. The highest BCUT2D eigenvalue weighted by Crippen LogP contribution is 2.45. The van der Waals surface area contributed by atoms with Gasteiger partial charge in [0.25, 0.3) is 0 Å². The molecule has 36 heavy (non-hydrogen) atoms. The van der Waals surface area contributed by atoms with Gasteiger partial charge in [-0.15, -0.1) is 0 Å². The fraction of sp³-hybridized carbons (Fsp3) is 0.241. The first-order valence-electron chi connectivity index (χ1n) is 11.9. The minimum Gasteiger partial charge on any atom is -0.493 e. The van der Waals surface area contributed by atoms with E-state index in [4.69, 9.17) is 14.2 Å². The van der Waals surface area contributed by atoms with E-state index >= 15 is 0 Å². The first-order valence-corrected chi connectivity index (χ1v) is 11.9. The maximum atomic E-state index is 13.2. The van der Waals surface area contributed by atoms with E-state index in [0.717, 1.165) is 35.5 Å². The van der Waals surface area contributed by atoms with Gasteiger partial charge in [0, 0.05) is 28.8 Å². The summed E-state index contributed by atoms with van der Waals surface area (Å²) < 4.78 is 16.6. The Morgan fingerprint density at radius 2 is 1.56 bits per heavy atom. The second kappa shape index (κ2) is 9.77. The van der Waals surface area contributed by atoms with Gasteiger partial charge in [-0.1, -0.05) is 30.3 Å². The molecule has 1 aliphatic carbocycles. The van der Waals surface area contributed by atoms with Crippen molar-refractivity contribution in [3.05, 3.63) is 88.6 Å². The molecule has 0 spiro atoms. The minimum absolute atomic E-state index is 0.0560. The summed E-state index contributed by atoms with van der Waals surface area (Å²) >= 11 is 0. The molecule has 1 aliphatic heterocycles. The van der Waals surface area contributed by atoms with Gasteiger partial charge < -0.3 is 24.8 Å². The first kappa shape index (κ1) is 23.5. The number of rotatable bonds is 6. The second-order valence-electron chi connectivity index (χ2n) is 8.79. The van der Waals surface area contributed by atoms with Crippen molar-refractivity contribution in [2.75, 3.05) is 32.0 Å². The predicted molar refractivity (Wildman–Crippen MR) is 138 cm³/mol. The summed E-state index contributed by atoms with van der Waals surface area (Å²) in [6.07, 6.45) is 1.99. The minimum atomic E-state index is -0.439. The molecule has 0 bridgehead atoms. The number of carbonyl (C=O) groups excluding carboxylic acids is 2. The Morgan fingerprint density at radius 1 is 0.833 bits per heavy atom. The molecule has 0 radical (unpaired) electrons. The van der Waals surface area contributed by atoms with E-state index in [1.807, 2.05) is 42.5 Å². The van der Waals surface area contributed by atoms with Crippen LogP contribution in [-0.4, -0.2) is 32.9 Å². The molecule has 0 saturated heterocycles. The van der Waals surface area contributed by atoms with Gasteiger partial charge in [-0.25, -0.2) is 0 Å². The molecular weight excluding hydrogens is 456 g/mol. The number of nitrogens with one attached hydrogen (secondary N) is 2. The molecule has 1 atom stereocenters. The summed E-state index contributed by atoms with van der Waals surface area (Å²) in [5.41, 5.74) is 5.11. The lowest BCUT2D eigenvalue weighted by Gasteiger charge is -2.26. The van der Waals surface area contributed by atoms with Crippen LogP contribution in [0.5, 0.6) is 17.2 Å². The van der Waals surface area contributed by atoms with Crippen LogP contribution < -0.4 is 24.8 Å². The Bertz CT molecular complexity index is 1340. The third-order valence-electron chi connectivity index (χ3n) is 6.67. The summed E-state index contributed by atoms with van der Waals surface area (Å²) in [7, 11) is 4.70. The van der Waals surface area contributed by atoms with E-state index in [0.29, 0.717) is 40.4 Å². The van der Waals surface area contributed by atoms with Gasteiger partial charge in [-0.3, -0.25) is 9.59 Å². The van der Waals surface area contributed by atoms with Crippen molar-refractivity contribution in [3.63, 3.8) is 0 Å². The Labute approximate surface area is 210 Å². The summed E-state index contributed by atoms with van der Waals surface area (Å²) in [6, 6.07) is 18.0. The number of methoxy groups -OCH3 is 3.